The summed E-state index contributed by atoms with van der Waals surface area (Å²) in [5.74, 6) is -0.451. The van der Waals surface area contributed by atoms with Crippen molar-refractivity contribution in [1.82, 2.24) is 4.98 Å². The molecule has 1 aliphatic carbocycles. The Bertz CT molecular complexity index is 669. The summed E-state index contributed by atoms with van der Waals surface area (Å²) in [5, 5.41) is 3.51. The summed E-state index contributed by atoms with van der Waals surface area (Å²) in [6, 6.07) is 3.95. The van der Waals surface area contributed by atoms with Crippen LogP contribution < -0.4 is 16.8 Å². The average Bonchev–Trinajstić information content (AvgIpc) is 2.82. The lowest BCUT2D eigenvalue weighted by Crippen LogP contribution is -2.31. The Labute approximate surface area is 111 Å². The highest BCUT2D eigenvalue weighted by molar-refractivity contribution is 5.85. The van der Waals surface area contributed by atoms with Crippen molar-refractivity contribution in [1.29, 1.82) is 0 Å². The van der Waals surface area contributed by atoms with Crippen LogP contribution in [0.25, 0.3) is 11.1 Å². The van der Waals surface area contributed by atoms with Crippen molar-refractivity contribution in [2.24, 2.45) is 5.41 Å². The van der Waals surface area contributed by atoms with E-state index >= 15 is 0 Å². The lowest BCUT2D eigenvalue weighted by Gasteiger charge is -2.29. The van der Waals surface area contributed by atoms with Crippen LogP contribution in [0.1, 0.15) is 33.1 Å². The summed E-state index contributed by atoms with van der Waals surface area (Å²) in [6.45, 7) is 4.54. The number of benzene rings is 1. The molecule has 5 nitrogen and oxygen atoms in total. The third-order valence-corrected chi connectivity index (χ3v) is 4.18. The molecule has 1 aromatic heterocycles. The van der Waals surface area contributed by atoms with E-state index in [1.165, 1.54) is 12.8 Å². The molecule has 0 amide bonds. The van der Waals surface area contributed by atoms with Crippen molar-refractivity contribution in [3.8, 4) is 0 Å². The lowest BCUT2D eigenvalue weighted by atomic mass is 9.87. The van der Waals surface area contributed by atoms with Crippen LogP contribution in [0, 0.1) is 5.41 Å². The summed E-state index contributed by atoms with van der Waals surface area (Å²) in [5.41, 5.74) is 8.94. The highest BCUT2D eigenvalue weighted by Gasteiger charge is 2.34. The molecule has 0 spiro atoms. The Morgan fingerprint density at radius 2 is 2.26 bits per heavy atom. The summed E-state index contributed by atoms with van der Waals surface area (Å²) in [7, 11) is 0. The minimum atomic E-state index is -0.451. The van der Waals surface area contributed by atoms with Crippen molar-refractivity contribution in [2.75, 3.05) is 11.1 Å². The number of aromatic amines is 1. The Morgan fingerprint density at radius 1 is 1.47 bits per heavy atom. The van der Waals surface area contributed by atoms with E-state index in [4.69, 9.17) is 10.2 Å². The highest BCUT2D eigenvalue weighted by atomic mass is 16.4. The molecule has 3 rings (SSSR count). The molecule has 4 N–H and O–H groups in total. The van der Waals surface area contributed by atoms with Crippen molar-refractivity contribution in [2.45, 2.75) is 39.2 Å². The van der Waals surface area contributed by atoms with Gasteiger partial charge in [-0.2, -0.15) is 0 Å². The van der Waals surface area contributed by atoms with Gasteiger partial charge in [-0.15, -0.1) is 0 Å². The van der Waals surface area contributed by atoms with Crippen LogP contribution in [-0.2, 0) is 0 Å². The molecule has 19 heavy (non-hydrogen) atoms. The number of fused-ring (bicyclic) bond motifs is 1. The zero-order valence-electron chi connectivity index (χ0n) is 11.2. The van der Waals surface area contributed by atoms with Gasteiger partial charge < -0.3 is 15.5 Å². The second-order valence-electron chi connectivity index (χ2n) is 6.03. The molecule has 2 aromatic rings. The maximum atomic E-state index is 11.2. The predicted octanol–water partition coefficient (Wildman–Crippen LogP) is 2.69. The number of anilines is 2. The molecule has 1 fully saturated rings. The minimum absolute atomic E-state index is 0.269. The number of rotatable bonds is 2. The van der Waals surface area contributed by atoms with Gasteiger partial charge in [0.05, 0.1) is 16.9 Å². The van der Waals surface area contributed by atoms with Crippen LogP contribution in [0.3, 0.4) is 0 Å². The van der Waals surface area contributed by atoms with Gasteiger partial charge in [0, 0.05) is 12.1 Å². The topological polar surface area (TPSA) is 84.0 Å². The first kappa shape index (κ1) is 12.1. The van der Waals surface area contributed by atoms with E-state index in [2.05, 4.69) is 24.1 Å². The SMILES string of the molecule is CC1(C)CCCC1Nc1cc2[nH]c(=O)oc2cc1N. The third kappa shape index (κ3) is 2.09. The number of hydrogen-bond donors (Lipinski definition) is 3. The van der Waals surface area contributed by atoms with E-state index in [9.17, 15) is 4.79 Å². The molecule has 1 aromatic carbocycles. The van der Waals surface area contributed by atoms with Crippen molar-refractivity contribution in [3.63, 3.8) is 0 Å². The summed E-state index contributed by atoms with van der Waals surface area (Å²) < 4.78 is 5.00. The van der Waals surface area contributed by atoms with Gasteiger partial charge in [-0.1, -0.05) is 20.3 Å². The van der Waals surface area contributed by atoms with E-state index in [-0.39, 0.29) is 5.41 Å². The average molecular weight is 261 g/mol. The van der Waals surface area contributed by atoms with Gasteiger partial charge in [0.1, 0.15) is 0 Å². The van der Waals surface area contributed by atoms with E-state index < -0.39 is 5.76 Å². The monoisotopic (exact) mass is 261 g/mol. The minimum Gasteiger partial charge on any atom is -0.408 e. The number of aromatic nitrogens is 1. The first-order valence-electron chi connectivity index (χ1n) is 6.64. The van der Waals surface area contributed by atoms with Gasteiger partial charge >= 0.3 is 5.76 Å². The van der Waals surface area contributed by atoms with E-state index in [0.717, 1.165) is 12.1 Å². The zero-order chi connectivity index (χ0) is 13.6. The Morgan fingerprint density at radius 3 is 2.95 bits per heavy atom. The fourth-order valence-electron chi connectivity index (χ4n) is 2.92. The van der Waals surface area contributed by atoms with Crippen molar-refractivity contribution < 1.29 is 4.42 Å². The van der Waals surface area contributed by atoms with Crippen LogP contribution in [-0.4, -0.2) is 11.0 Å². The third-order valence-electron chi connectivity index (χ3n) is 4.18. The van der Waals surface area contributed by atoms with Gasteiger partial charge in [0.25, 0.3) is 0 Å². The smallest absolute Gasteiger partial charge is 0.408 e. The number of nitrogens with one attached hydrogen (secondary N) is 2. The summed E-state index contributed by atoms with van der Waals surface area (Å²) in [6.07, 6.45) is 3.59. The maximum Gasteiger partial charge on any atom is 0.417 e. The standard InChI is InChI=1S/C14H19N3O2/c1-14(2)5-3-4-12(14)16-9-7-10-11(6-8(9)15)19-13(18)17-10/h6-7,12,16H,3-5,15H2,1-2H3,(H,17,18). The molecular weight excluding hydrogens is 242 g/mol. The lowest BCUT2D eigenvalue weighted by molar-refractivity contribution is 0.350. The molecule has 0 saturated heterocycles. The van der Waals surface area contributed by atoms with Crippen LogP contribution >= 0.6 is 0 Å². The largest absolute Gasteiger partial charge is 0.417 e. The van der Waals surface area contributed by atoms with E-state index in [1.807, 2.05) is 6.07 Å². The molecule has 0 aliphatic heterocycles. The maximum absolute atomic E-state index is 11.2. The molecule has 5 heteroatoms. The molecule has 1 aliphatic rings. The number of nitrogens with two attached hydrogens (primary N) is 1. The van der Waals surface area contributed by atoms with Gasteiger partial charge in [0.15, 0.2) is 5.58 Å². The van der Waals surface area contributed by atoms with Crippen LogP contribution in [0.5, 0.6) is 0 Å². The number of H-pyrrole nitrogens is 1. The number of hydrogen-bond acceptors (Lipinski definition) is 4. The fraction of sp³-hybridized carbons (Fsp3) is 0.500. The van der Waals surface area contributed by atoms with E-state index in [0.29, 0.717) is 22.8 Å². The first-order chi connectivity index (χ1) is 8.95. The van der Waals surface area contributed by atoms with E-state index in [1.54, 1.807) is 6.07 Å². The van der Waals surface area contributed by atoms with Crippen molar-refractivity contribution in [3.05, 3.63) is 22.7 Å². The molecule has 0 bridgehead atoms. The highest BCUT2D eigenvalue weighted by Crippen LogP contribution is 2.40. The fourth-order valence-corrected chi connectivity index (χ4v) is 2.92. The molecule has 1 unspecified atom stereocenters. The summed E-state index contributed by atoms with van der Waals surface area (Å²) >= 11 is 0. The predicted molar refractivity (Wildman–Crippen MR) is 76.3 cm³/mol. The number of nitrogen functional groups attached to an aromatic ring is 1. The second kappa shape index (κ2) is 4.05. The molecule has 1 saturated carbocycles. The second-order valence-corrected chi connectivity index (χ2v) is 6.03. The Hall–Kier alpha value is -1.91. The molecule has 1 heterocycles. The molecule has 0 radical (unpaired) electrons. The Kier molecular flexibility index (Phi) is 2.59. The molecular formula is C14H19N3O2. The zero-order valence-corrected chi connectivity index (χ0v) is 11.2. The van der Waals surface area contributed by atoms with Crippen molar-refractivity contribution >= 4 is 22.5 Å². The van der Waals surface area contributed by atoms with Crippen LogP contribution in [0.15, 0.2) is 21.3 Å². The number of oxazole rings is 1. The van der Waals surface area contributed by atoms with Gasteiger partial charge in [-0.3, -0.25) is 4.98 Å². The van der Waals surface area contributed by atoms with Crippen LogP contribution in [0.4, 0.5) is 11.4 Å². The normalized spacial score (nSPS) is 21.9. The van der Waals surface area contributed by atoms with Gasteiger partial charge in [-0.05, 0) is 24.3 Å². The van der Waals surface area contributed by atoms with Gasteiger partial charge in [-0.25, -0.2) is 4.79 Å². The molecule has 102 valence electrons. The van der Waals surface area contributed by atoms with Gasteiger partial charge in [0.2, 0.25) is 0 Å². The van der Waals surface area contributed by atoms with Crippen LogP contribution in [0.2, 0.25) is 0 Å². The first-order valence-corrected chi connectivity index (χ1v) is 6.64. The quantitative estimate of drug-likeness (QED) is 0.726. The Balaban J connectivity index is 1.96. The molecule has 1 atom stereocenters. The summed E-state index contributed by atoms with van der Waals surface area (Å²) in [4.78, 5) is 13.8.